The van der Waals surface area contributed by atoms with E-state index in [2.05, 4.69) is 31.4 Å². The van der Waals surface area contributed by atoms with Gasteiger partial charge in [-0.05, 0) is 38.1 Å². The standard InChI is InChI=1S/C12H22N2O/c1-10(2)14-7-4-6-13-9-12-11(3)5-8-15-12/h5,8,10,13-14H,4,6-7,9H2,1-3H3. The van der Waals surface area contributed by atoms with E-state index in [0.717, 1.165) is 31.8 Å². The van der Waals surface area contributed by atoms with Crippen LogP contribution in [0, 0.1) is 6.92 Å². The second kappa shape index (κ2) is 6.64. The number of hydrogen-bond acceptors (Lipinski definition) is 3. The zero-order valence-corrected chi connectivity index (χ0v) is 9.97. The molecule has 0 radical (unpaired) electrons. The molecule has 0 saturated heterocycles. The zero-order valence-electron chi connectivity index (χ0n) is 9.97. The summed E-state index contributed by atoms with van der Waals surface area (Å²) in [5, 5.41) is 6.76. The molecule has 0 aliphatic heterocycles. The number of rotatable bonds is 7. The molecule has 0 unspecified atom stereocenters. The Balaban J connectivity index is 2.00. The van der Waals surface area contributed by atoms with Gasteiger partial charge in [0.2, 0.25) is 0 Å². The van der Waals surface area contributed by atoms with Gasteiger partial charge in [0.15, 0.2) is 0 Å². The molecule has 0 aromatic carbocycles. The predicted octanol–water partition coefficient (Wildman–Crippen LogP) is 2.07. The molecule has 0 fully saturated rings. The van der Waals surface area contributed by atoms with Crippen LogP contribution in [0.25, 0.3) is 0 Å². The summed E-state index contributed by atoms with van der Waals surface area (Å²) in [5.74, 6) is 1.05. The SMILES string of the molecule is Cc1ccoc1CNCCCNC(C)C. The largest absolute Gasteiger partial charge is 0.468 e. The van der Waals surface area contributed by atoms with Crippen molar-refractivity contribution in [2.24, 2.45) is 0 Å². The second-order valence-corrected chi connectivity index (χ2v) is 4.17. The van der Waals surface area contributed by atoms with E-state index >= 15 is 0 Å². The lowest BCUT2D eigenvalue weighted by Gasteiger charge is -2.08. The molecule has 1 aromatic rings. The van der Waals surface area contributed by atoms with Gasteiger partial charge < -0.3 is 15.1 Å². The van der Waals surface area contributed by atoms with Crippen LogP contribution in [0.4, 0.5) is 0 Å². The first kappa shape index (κ1) is 12.3. The van der Waals surface area contributed by atoms with Gasteiger partial charge in [0.1, 0.15) is 5.76 Å². The Morgan fingerprint density at radius 2 is 2.13 bits per heavy atom. The number of furan rings is 1. The summed E-state index contributed by atoms with van der Waals surface area (Å²) in [6, 6.07) is 2.58. The summed E-state index contributed by atoms with van der Waals surface area (Å²) in [6.45, 7) is 9.34. The van der Waals surface area contributed by atoms with E-state index in [1.807, 2.05) is 6.07 Å². The minimum atomic E-state index is 0.581. The van der Waals surface area contributed by atoms with E-state index in [1.165, 1.54) is 5.56 Å². The molecule has 0 saturated carbocycles. The molecule has 15 heavy (non-hydrogen) atoms. The molecule has 1 rings (SSSR count). The van der Waals surface area contributed by atoms with Gasteiger partial charge in [0.25, 0.3) is 0 Å². The van der Waals surface area contributed by atoms with Gasteiger partial charge in [-0.15, -0.1) is 0 Å². The lowest BCUT2D eigenvalue weighted by atomic mass is 10.3. The molecule has 1 heterocycles. The molecule has 2 N–H and O–H groups in total. The van der Waals surface area contributed by atoms with Crippen LogP contribution in [0.2, 0.25) is 0 Å². The Kier molecular flexibility index (Phi) is 5.43. The highest BCUT2D eigenvalue weighted by Crippen LogP contribution is 2.07. The van der Waals surface area contributed by atoms with Crippen molar-refractivity contribution in [1.29, 1.82) is 0 Å². The smallest absolute Gasteiger partial charge is 0.120 e. The fourth-order valence-corrected chi connectivity index (χ4v) is 1.39. The molecular weight excluding hydrogens is 188 g/mol. The van der Waals surface area contributed by atoms with Gasteiger partial charge in [-0.25, -0.2) is 0 Å². The van der Waals surface area contributed by atoms with Crippen molar-refractivity contribution in [2.45, 2.75) is 39.8 Å². The van der Waals surface area contributed by atoms with E-state index in [0.29, 0.717) is 6.04 Å². The van der Waals surface area contributed by atoms with E-state index in [-0.39, 0.29) is 0 Å². The maximum atomic E-state index is 5.33. The van der Waals surface area contributed by atoms with Crippen molar-refractivity contribution >= 4 is 0 Å². The molecule has 86 valence electrons. The normalized spacial score (nSPS) is 11.2. The van der Waals surface area contributed by atoms with Gasteiger partial charge in [-0.1, -0.05) is 13.8 Å². The molecule has 0 aliphatic rings. The zero-order chi connectivity index (χ0) is 11.1. The topological polar surface area (TPSA) is 37.2 Å². The van der Waals surface area contributed by atoms with Gasteiger partial charge in [-0.3, -0.25) is 0 Å². The van der Waals surface area contributed by atoms with Crippen molar-refractivity contribution in [1.82, 2.24) is 10.6 Å². The minimum Gasteiger partial charge on any atom is -0.468 e. The third-order valence-corrected chi connectivity index (χ3v) is 2.34. The summed E-state index contributed by atoms with van der Waals surface area (Å²) in [7, 11) is 0. The molecule has 0 amide bonds. The van der Waals surface area contributed by atoms with Crippen LogP contribution in [0.3, 0.4) is 0 Å². The van der Waals surface area contributed by atoms with Crippen LogP contribution in [0.5, 0.6) is 0 Å². The molecule has 1 aromatic heterocycles. The molecule has 0 bridgehead atoms. The highest BCUT2D eigenvalue weighted by atomic mass is 16.3. The summed E-state index contributed by atoms with van der Waals surface area (Å²) in [5.41, 5.74) is 1.22. The lowest BCUT2D eigenvalue weighted by Crippen LogP contribution is -2.26. The van der Waals surface area contributed by atoms with Crippen LogP contribution in [-0.4, -0.2) is 19.1 Å². The van der Waals surface area contributed by atoms with Gasteiger partial charge >= 0.3 is 0 Å². The molecule has 0 atom stereocenters. The second-order valence-electron chi connectivity index (χ2n) is 4.17. The maximum absolute atomic E-state index is 5.33. The highest BCUT2D eigenvalue weighted by molar-refractivity contribution is 5.13. The van der Waals surface area contributed by atoms with Crippen molar-refractivity contribution in [3.63, 3.8) is 0 Å². The number of hydrogen-bond donors (Lipinski definition) is 2. The van der Waals surface area contributed by atoms with Crippen molar-refractivity contribution in [3.8, 4) is 0 Å². The summed E-state index contributed by atoms with van der Waals surface area (Å²) < 4.78 is 5.33. The van der Waals surface area contributed by atoms with Crippen LogP contribution in [0.15, 0.2) is 16.7 Å². The summed E-state index contributed by atoms with van der Waals surface area (Å²) in [6.07, 6.45) is 2.89. The van der Waals surface area contributed by atoms with Crippen LogP contribution in [-0.2, 0) is 6.54 Å². The van der Waals surface area contributed by atoms with E-state index in [4.69, 9.17) is 4.42 Å². The first-order chi connectivity index (χ1) is 7.20. The quantitative estimate of drug-likeness (QED) is 0.676. The third kappa shape index (κ3) is 5.00. The van der Waals surface area contributed by atoms with Crippen LogP contribution >= 0.6 is 0 Å². The summed E-state index contributed by atoms with van der Waals surface area (Å²) >= 11 is 0. The average molecular weight is 210 g/mol. The third-order valence-electron chi connectivity index (χ3n) is 2.34. The van der Waals surface area contributed by atoms with Gasteiger partial charge in [0, 0.05) is 6.04 Å². The Morgan fingerprint density at radius 1 is 1.33 bits per heavy atom. The highest BCUT2D eigenvalue weighted by Gasteiger charge is 2.00. The maximum Gasteiger partial charge on any atom is 0.120 e. The molecule has 0 spiro atoms. The minimum absolute atomic E-state index is 0.581. The Morgan fingerprint density at radius 3 is 2.73 bits per heavy atom. The monoisotopic (exact) mass is 210 g/mol. The number of nitrogens with one attached hydrogen (secondary N) is 2. The Hall–Kier alpha value is -0.800. The van der Waals surface area contributed by atoms with E-state index < -0.39 is 0 Å². The Labute approximate surface area is 92.2 Å². The first-order valence-electron chi connectivity index (χ1n) is 5.67. The van der Waals surface area contributed by atoms with Crippen molar-refractivity contribution < 1.29 is 4.42 Å². The predicted molar refractivity (Wildman–Crippen MR) is 62.9 cm³/mol. The van der Waals surface area contributed by atoms with E-state index in [1.54, 1.807) is 6.26 Å². The fourth-order valence-electron chi connectivity index (χ4n) is 1.39. The van der Waals surface area contributed by atoms with Gasteiger partial charge in [-0.2, -0.15) is 0 Å². The molecule has 3 nitrogen and oxygen atoms in total. The summed E-state index contributed by atoms with van der Waals surface area (Å²) in [4.78, 5) is 0. The first-order valence-corrected chi connectivity index (χ1v) is 5.67. The number of aryl methyl sites for hydroxylation is 1. The average Bonchev–Trinajstić information content (AvgIpc) is 2.57. The van der Waals surface area contributed by atoms with Crippen molar-refractivity contribution in [2.75, 3.05) is 13.1 Å². The lowest BCUT2D eigenvalue weighted by molar-refractivity contribution is 0.473. The van der Waals surface area contributed by atoms with Crippen molar-refractivity contribution in [3.05, 3.63) is 23.7 Å². The molecular formula is C12H22N2O. The molecule has 0 aliphatic carbocycles. The Bertz CT molecular complexity index is 268. The van der Waals surface area contributed by atoms with E-state index in [9.17, 15) is 0 Å². The molecule has 3 heteroatoms. The van der Waals surface area contributed by atoms with Crippen LogP contribution in [0.1, 0.15) is 31.6 Å². The fraction of sp³-hybridized carbons (Fsp3) is 0.667. The van der Waals surface area contributed by atoms with Crippen LogP contribution < -0.4 is 10.6 Å². The van der Waals surface area contributed by atoms with Gasteiger partial charge in [0.05, 0.1) is 12.8 Å².